The molecule has 19 heavy (non-hydrogen) atoms. The van der Waals surface area contributed by atoms with E-state index in [1.807, 2.05) is 0 Å². The SMILES string of the molecule is O=C(CCc1cocn1)NCCc1ccccc1F. The van der Waals surface area contributed by atoms with Crippen molar-refractivity contribution < 1.29 is 13.6 Å². The van der Waals surface area contributed by atoms with E-state index in [4.69, 9.17) is 4.42 Å². The van der Waals surface area contributed by atoms with Crippen LogP contribution in [0.3, 0.4) is 0 Å². The molecule has 4 nitrogen and oxygen atoms in total. The minimum absolute atomic E-state index is 0.0701. The summed E-state index contributed by atoms with van der Waals surface area (Å²) in [7, 11) is 0. The summed E-state index contributed by atoms with van der Waals surface area (Å²) in [5.41, 5.74) is 1.36. The Bertz CT molecular complexity index is 526. The summed E-state index contributed by atoms with van der Waals surface area (Å²) in [5.74, 6) is -0.307. The molecule has 0 bridgehead atoms. The van der Waals surface area contributed by atoms with Gasteiger partial charge < -0.3 is 9.73 Å². The molecule has 0 aliphatic heterocycles. The molecule has 1 aromatic carbocycles. The molecule has 0 aliphatic rings. The van der Waals surface area contributed by atoms with E-state index in [1.165, 1.54) is 18.7 Å². The number of nitrogens with one attached hydrogen (secondary N) is 1. The van der Waals surface area contributed by atoms with Gasteiger partial charge in [-0.05, 0) is 18.1 Å². The van der Waals surface area contributed by atoms with E-state index < -0.39 is 0 Å². The van der Waals surface area contributed by atoms with Gasteiger partial charge in [0.15, 0.2) is 6.39 Å². The maximum absolute atomic E-state index is 13.3. The molecule has 2 aromatic rings. The highest BCUT2D eigenvalue weighted by molar-refractivity contribution is 5.76. The molecule has 0 fully saturated rings. The summed E-state index contributed by atoms with van der Waals surface area (Å²) >= 11 is 0. The summed E-state index contributed by atoms with van der Waals surface area (Å²) in [6.45, 7) is 0.429. The molecular weight excluding hydrogens is 247 g/mol. The van der Waals surface area contributed by atoms with Crippen molar-refractivity contribution in [2.45, 2.75) is 19.3 Å². The molecule has 0 saturated heterocycles. The fourth-order valence-electron chi connectivity index (χ4n) is 1.73. The van der Waals surface area contributed by atoms with Crippen molar-refractivity contribution in [2.24, 2.45) is 0 Å². The lowest BCUT2D eigenvalue weighted by molar-refractivity contribution is -0.121. The third-order valence-electron chi connectivity index (χ3n) is 2.77. The summed E-state index contributed by atoms with van der Waals surface area (Å²) in [6.07, 6.45) is 4.24. The van der Waals surface area contributed by atoms with Crippen molar-refractivity contribution in [1.82, 2.24) is 10.3 Å². The average Bonchev–Trinajstić information content (AvgIpc) is 2.92. The van der Waals surface area contributed by atoms with E-state index in [9.17, 15) is 9.18 Å². The van der Waals surface area contributed by atoms with Crippen molar-refractivity contribution in [3.63, 3.8) is 0 Å². The third-order valence-corrected chi connectivity index (χ3v) is 2.77. The second kappa shape index (κ2) is 6.68. The molecule has 0 aliphatic carbocycles. The van der Waals surface area contributed by atoms with Gasteiger partial charge in [0.05, 0.1) is 5.69 Å². The fraction of sp³-hybridized carbons (Fsp3) is 0.286. The minimum Gasteiger partial charge on any atom is -0.451 e. The van der Waals surface area contributed by atoms with Crippen LogP contribution in [0.2, 0.25) is 0 Å². The van der Waals surface area contributed by atoms with Gasteiger partial charge in [-0.3, -0.25) is 4.79 Å². The van der Waals surface area contributed by atoms with Crippen LogP contribution in [0.5, 0.6) is 0 Å². The van der Waals surface area contributed by atoms with E-state index in [1.54, 1.807) is 18.2 Å². The van der Waals surface area contributed by atoms with Gasteiger partial charge in [0.1, 0.15) is 12.1 Å². The molecule has 2 rings (SSSR count). The van der Waals surface area contributed by atoms with E-state index in [-0.39, 0.29) is 11.7 Å². The van der Waals surface area contributed by atoms with E-state index in [0.717, 1.165) is 5.69 Å². The Morgan fingerprint density at radius 2 is 2.16 bits per heavy atom. The summed E-state index contributed by atoms with van der Waals surface area (Å²) in [5, 5.41) is 2.76. The first-order chi connectivity index (χ1) is 9.25. The molecule has 5 heteroatoms. The number of aryl methyl sites for hydroxylation is 1. The van der Waals surface area contributed by atoms with Crippen molar-refractivity contribution in [3.8, 4) is 0 Å². The first-order valence-electron chi connectivity index (χ1n) is 6.13. The van der Waals surface area contributed by atoms with Crippen LogP contribution in [0.4, 0.5) is 4.39 Å². The molecule has 1 N–H and O–H groups in total. The maximum Gasteiger partial charge on any atom is 0.220 e. The van der Waals surface area contributed by atoms with Gasteiger partial charge in [0.25, 0.3) is 0 Å². The van der Waals surface area contributed by atoms with Gasteiger partial charge in [0.2, 0.25) is 5.91 Å². The lowest BCUT2D eigenvalue weighted by Crippen LogP contribution is -2.26. The molecule has 1 aromatic heterocycles. The number of nitrogens with zero attached hydrogens (tertiary/aromatic N) is 1. The Labute approximate surface area is 110 Å². The first kappa shape index (κ1) is 13.3. The lowest BCUT2D eigenvalue weighted by Gasteiger charge is -2.05. The number of carbonyl (C=O) groups is 1. The Kier molecular flexibility index (Phi) is 4.66. The third kappa shape index (κ3) is 4.21. The van der Waals surface area contributed by atoms with Gasteiger partial charge in [-0.1, -0.05) is 18.2 Å². The second-order valence-corrected chi connectivity index (χ2v) is 4.17. The van der Waals surface area contributed by atoms with Crippen LogP contribution in [-0.2, 0) is 17.6 Å². The van der Waals surface area contributed by atoms with Crippen LogP contribution < -0.4 is 5.32 Å². The highest BCUT2D eigenvalue weighted by Crippen LogP contribution is 2.06. The van der Waals surface area contributed by atoms with E-state index in [0.29, 0.717) is 31.4 Å². The predicted octanol–water partition coefficient (Wildman–Crippen LogP) is 2.11. The number of carbonyl (C=O) groups excluding carboxylic acids is 1. The Hall–Kier alpha value is -2.17. The largest absolute Gasteiger partial charge is 0.451 e. The monoisotopic (exact) mass is 262 g/mol. The highest BCUT2D eigenvalue weighted by Gasteiger charge is 2.05. The van der Waals surface area contributed by atoms with Crippen LogP contribution in [0, 0.1) is 5.82 Å². The normalized spacial score (nSPS) is 10.4. The van der Waals surface area contributed by atoms with Gasteiger partial charge >= 0.3 is 0 Å². The lowest BCUT2D eigenvalue weighted by atomic mass is 10.1. The Morgan fingerprint density at radius 1 is 1.32 bits per heavy atom. The number of oxazole rings is 1. The van der Waals surface area contributed by atoms with Gasteiger partial charge in [-0.2, -0.15) is 0 Å². The van der Waals surface area contributed by atoms with Crippen molar-refractivity contribution >= 4 is 5.91 Å². The highest BCUT2D eigenvalue weighted by atomic mass is 19.1. The summed E-state index contributed by atoms with van der Waals surface area (Å²) in [4.78, 5) is 15.5. The number of amides is 1. The summed E-state index contributed by atoms with van der Waals surface area (Å²) < 4.78 is 18.1. The van der Waals surface area contributed by atoms with Crippen LogP contribution >= 0.6 is 0 Å². The van der Waals surface area contributed by atoms with Crippen LogP contribution in [-0.4, -0.2) is 17.4 Å². The number of halogens is 1. The van der Waals surface area contributed by atoms with Gasteiger partial charge in [-0.15, -0.1) is 0 Å². The molecule has 0 unspecified atom stereocenters. The van der Waals surface area contributed by atoms with E-state index in [2.05, 4.69) is 10.3 Å². The van der Waals surface area contributed by atoms with Gasteiger partial charge in [0, 0.05) is 19.4 Å². The van der Waals surface area contributed by atoms with E-state index >= 15 is 0 Å². The number of rotatable bonds is 6. The molecule has 0 radical (unpaired) electrons. The maximum atomic E-state index is 13.3. The average molecular weight is 262 g/mol. The van der Waals surface area contributed by atoms with Gasteiger partial charge in [-0.25, -0.2) is 9.37 Å². The second-order valence-electron chi connectivity index (χ2n) is 4.17. The van der Waals surface area contributed by atoms with Crippen LogP contribution in [0.15, 0.2) is 41.3 Å². The standard InChI is InChI=1S/C14H15FN2O2/c15-13-4-2-1-3-11(13)7-8-16-14(18)6-5-12-9-19-10-17-12/h1-4,9-10H,5-8H2,(H,16,18). The van der Waals surface area contributed by atoms with Crippen molar-refractivity contribution in [1.29, 1.82) is 0 Å². The quantitative estimate of drug-likeness (QED) is 0.867. The molecule has 0 atom stereocenters. The molecule has 100 valence electrons. The number of hydrogen-bond donors (Lipinski definition) is 1. The topological polar surface area (TPSA) is 55.1 Å². The molecule has 0 spiro atoms. The Morgan fingerprint density at radius 3 is 2.89 bits per heavy atom. The number of aromatic nitrogens is 1. The van der Waals surface area contributed by atoms with Crippen LogP contribution in [0.1, 0.15) is 17.7 Å². The zero-order valence-corrected chi connectivity index (χ0v) is 10.4. The summed E-state index contributed by atoms with van der Waals surface area (Å²) in [6, 6.07) is 6.57. The van der Waals surface area contributed by atoms with Crippen LogP contribution in [0.25, 0.3) is 0 Å². The van der Waals surface area contributed by atoms with Crippen molar-refractivity contribution in [2.75, 3.05) is 6.54 Å². The zero-order valence-electron chi connectivity index (χ0n) is 10.4. The molecule has 0 saturated carbocycles. The Balaban J connectivity index is 1.68. The molecule has 1 amide bonds. The predicted molar refractivity (Wildman–Crippen MR) is 67.9 cm³/mol. The smallest absolute Gasteiger partial charge is 0.220 e. The minimum atomic E-state index is -0.237. The number of hydrogen-bond acceptors (Lipinski definition) is 3. The van der Waals surface area contributed by atoms with Crippen molar-refractivity contribution in [3.05, 3.63) is 54.0 Å². The fourth-order valence-corrected chi connectivity index (χ4v) is 1.73. The zero-order chi connectivity index (χ0) is 13.5. The molecule has 1 heterocycles. The molecular formula is C14H15FN2O2. The number of benzene rings is 1. The first-order valence-corrected chi connectivity index (χ1v) is 6.13.